The lowest BCUT2D eigenvalue weighted by Crippen LogP contribution is -2.67. The van der Waals surface area contributed by atoms with Crippen LogP contribution in [0.1, 0.15) is 122 Å². The van der Waals surface area contributed by atoms with Crippen LogP contribution in [0, 0.1) is 0 Å². The highest BCUT2D eigenvalue weighted by Crippen LogP contribution is 2.51. The Balaban J connectivity index is 1.46. The largest absolute Gasteiger partial charge is 0.353 e. The van der Waals surface area contributed by atoms with Crippen LogP contribution in [0.4, 0.5) is 0 Å². The van der Waals surface area contributed by atoms with Crippen LogP contribution in [0.25, 0.3) is 0 Å². The molecule has 0 bridgehead atoms. The molecule has 1 amide bonds. The molecule has 4 saturated heterocycles. The molecule has 2 spiro atoms. The minimum Gasteiger partial charge on any atom is -0.353 e. The molecule has 2 atom stereocenters. The predicted molar refractivity (Wildman–Crippen MR) is 152 cm³/mol. The number of carbonyl (C=O) groups excluding carboxylic acids is 1. The number of ether oxygens (including phenoxy) is 2. The fourth-order valence-electron chi connectivity index (χ4n) is 8.90. The molecule has 226 valence electrons. The van der Waals surface area contributed by atoms with Crippen LogP contribution >= 0.6 is 0 Å². The highest BCUT2D eigenvalue weighted by Gasteiger charge is 2.64. The van der Waals surface area contributed by atoms with Crippen molar-refractivity contribution < 1.29 is 23.9 Å². The van der Waals surface area contributed by atoms with Gasteiger partial charge < -0.3 is 14.8 Å². The first kappa shape index (κ1) is 31.1. The van der Waals surface area contributed by atoms with E-state index in [4.69, 9.17) is 19.1 Å². The zero-order valence-corrected chi connectivity index (χ0v) is 26.8. The number of hydrogen-bond donors (Lipinski definition) is 2. The smallest absolute Gasteiger partial charge is 0.254 e. The van der Waals surface area contributed by atoms with E-state index in [-0.39, 0.29) is 33.7 Å². The number of piperidine rings is 2. The minimum absolute atomic E-state index is 0.0176. The lowest BCUT2D eigenvalue weighted by atomic mass is 9.72. The summed E-state index contributed by atoms with van der Waals surface area (Å²) < 4.78 is 13.8. The van der Waals surface area contributed by atoms with Crippen LogP contribution in [0.15, 0.2) is 0 Å². The van der Waals surface area contributed by atoms with E-state index in [1.54, 1.807) is 0 Å². The summed E-state index contributed by atoms with van der Waals surface area (Å²) in [4.78, 5) is 25.7. The molecule has 9 nitrogen and oxygen atoms in total. The molecule has 9 heteroatoms. The molecule has 0 saturated carbocycles. The normalized spacial score (nSPS) is 36.5. The van der Waals surface area contributed by atoms with E-state index in [1.807, 2.05) is 20.8 Å². The van der Waals surface area contributed by atoms with Crippen LogP contribution in [0.2, 0.25) is 0 Å². The second-order valence-electron chi connectivity index (χ2n) is 15.5. The Hall–Kier alpha value is -0.810. The van der Waals surface area contributed by atoms with Crippen molar-refractivity contribution in [3.8, 4) is 0 Å². The van der Waals surface area contributed by atoms with Crippen molar-refractivity contribution in [3.05, 3.63) is 0 Å². The third-order valence-electron chi connectivity index (χ3n) is 9.18. The topological polar surface area (TPSA) is 84.5 Å². The Morgan fingerprint density at radius 3 is 1.59 bits per heavy atom. The Morgan fingerprint density at radius 1 is 0.692 bits per heavy atom. The molecule has 4 aliphatic heterocycles. The Kier molecular flexibility index (Phi) is 7.67. The summed E-state index contributed by atoms with van der Waals surface area (Å²) in [6.45, 7) is 27.7. The summed E-state index contributed by atoms with van der Waals surface area (Å²) in [5.74, 6) is -0.0176. The fraction of sp³-hybridized carbons (Fsp3) is 0.967. The van der Waals surface area contributed by atoms with Gasteiger partial charge in [0.2, 0.25) is 0 Å². The first-order chi connectivity index (χ1) is 17.7. The van der Waals surface area contributed by atoms with E-state index in [0.717, 1.165) is 25.8 Å². The number of hydroxylamine groups is 4. The molecule has 39 heavy (non-hydrogen) atoms. The molecule has 0 aromatic rings. The molecule has 4 aliphatic rings. The van der Waals surface area contributed by atoms with Crippen molar-refractivity contribution in [3.63, 3.8) is 0 Å². The van der Waals surface area contributed by atoms with Crippen molar-refractivity contribution in [1.82, 2.24) is 20.8 Å². The summed E-state index contributed by atoms with van der Waals surface area (Å²) in [6, 6.07) is 0. The zero-order valence-electron chi connectivity index (χ0n) is 26.8. The van der Waals surface area contributed by atoms with Gasteiger partial charge in [0.05, 0.1) is 18.8 Å². The van der Waals surface area contributed by atoms with Gasteiger partial charge >= 0.3 is 0 Å². The van der Waals surface area contributed by atoms with Gasteiger partial charge in [0.15, 0.2) is 5.60 Å². The van der Waals surface area contributed by atoms with Gasteiger partial charge in [-0.3, -0.25) is 19.8 Å². The monoisotopic (exact) mass is 552 g/mol. The number of carbonyl (C=O) groups is 1. The number of nitrogens with one attached hydrogen (secondary N) is 2. The van der Waals surface area contributed by atoms with Crippen molar-refractivity contribution in [1.29, 1.82) is 0 Å². The summed E-state index contributed by atoms with van der Waals surface area (Å²) in [7, 11) is 0. The quantitative estimate of drug-likeness (QED) is 0.472. The van der Waals surface area contributed by atoms with Gasteiger partial charge in [-0.15, -0.1) is 0 Å². The van der Waals surface area contributed by atoms with Gasteiger partial charge in [-0.25, -0.2) is 0 Å². The van der Waals surface area contributed by atoms with Crippen molar-refractivity contribution in [2.45, 2.75) is 166 Å². The zero-order chi connectivity index (χ0) is 29.3. The Labute approximate surface area is 236 Å². The number of rotatable bonds is 7. The first-order valence-electron chi connectivity index (χ1n) is 15.0. The molecule has 0 aliphatic carbocycles. The summed E-state index contributed by atoms with van der Waals surface area (Å²) in [5.41, 5.74) is -3.49. The summed E-state index contributed by atoms with van der Waals surface area (Å²) in [6.07, 6.45) is 4.25. The van der Waals surface area contributed by atoms with Gasteiger partial charge in [0.1, 0.15) is 11.4 Å². The third kappa shape index (κ3) is 5.66. The van der Waals surface area contributed by atoms with E-state index in [2.05, 4.69) is 83.1 Å². The van der Waals surface area contributed by atoms with E-state index < -0.39 is 17.1 Å². The molecule has 2 N–H and O–H groups in total. The highest BCUT2D eigenvalue weighted by atomic mass is 16.7. The van der Waals surface area contributed by atoms with Crippen LogP contribution < -0.4 is 10.6 Å². The van der Waals surface area contributed by atoms with Crippen LogP contribution in [-0.4, -0.2) is 80.6 Å². The molecule has 4 rings (SSSR count). The minimum atomic E-state index is -0.887. The van der Waals surface area contributed by atoms with Gasteiger partial charge in [-0.2, -0.15) is 10.1 Å². The molecule has 0 aromatic carbocycles. The van der Waals surface area contributed by atoms with Crippen molar-refractivity contribution >= 4 is 5.91 Å². The second-order valence-corrected chi connectivity index (χ2v) is 15.5. The van der Waals surface area contributed by atoms with Crippen LogP contribution in [-0.2, 0) is 23.9 Å². The number of nitrogens with zero attached hydrogens (tertiary/aromatic N) is 2. The van der Waals surface area contributed by atoms with Gasteiger partial charge in [0.25, 0.3) is 5.91 Å². The number of hydrogen-bond acceptors (Lipinski definition) is 8. The maximum absolute atomic E-state index is 13.6. The lowest BCUT2D eigenvalue weighted by Gasteiger charge is -2.57. The van der Waals surface area contributed by atoms with Crippen LogP contribution in [0.3, 0.4) is 0 Å². The Bertz CT molecular complexity index is 914. The predicted octanol–water partition coefficient (Wildman–Crippen LogP) is 4.65. The van der Waals surface area contributed by atoms with Gasteiger partial charge in [0, 0.05) is 41.5 Å². The average Bonchev–Trinajstić information content (AvgIpc) is 3.18. The van der Waals surface area contributed by atoms with Gasteiger partial charge in [-0.05, 0) is 109 Å². The van der Waals surface area contributed by atoms with E-state index in [0.29, 0.717) is 32.5 Å². The molecular weight excluding hydrogens is 496 g/mol. The highest BCUT2D eigenvalue weighted by molar-refractivity contribution is 5.88. The maximum atomic E-state index is 13.6. The molecule has 4 heterocycles. The molecule has 0 aromatic heterocycles. The standard InChI is InChI=1S/C30H56N4O5/c1-13-36-33-23(3,4)17-29(18-24(33,5)6)21-31-27(11,38-29)15-16-28(12)32-22(35)30(39-28)19-25(7,8)34(37-14-2)26(9,10)20-30/h31H,13-21H2,1-12H3,(H,32,35). The van der Waals surface area contributed by atoms with E-state index in [1.165, 1.54) is 0 Å². The molecular formula is C30H56N4O5. The fourth-order valence-corrected chi connectivity index (χ4v) is 8.90. The van der Waals surface area contributed by atoms with Crippen LogP contribution in [0.5, 0.6) is 0 Å². The second kappa shape index (κ2) is 9.61. The third-order valence-corrected chi connectivity index (χ3v) is 9.18. The van der Waals surface area contributed by atoms with Gasteiger partial charge in [-0.1, -0.05) is 0 Å². The van der Waals surface area contributed by atoms with Crippen molar-refractivity contribution in [2.24, 2.45) is 0 Å². The first-order valence-corrected chi connectivity index (χ1v) is 15.0. The van der Waals surface area contributed by atoms with Crippen molar-refractivity contribution in [2.75, 3.05) is 19.8 Å². The summed E-state index contributed by atoms with van der Waals surface area (Å²) >= 11 is 0. The van der Waals surface area contributed by atoms with E-state index >= 15 is 0 Å². The maximum Gasteiger partial charge on any atom is 0.254 e. The lowest BCUT2D eigenvalue weighted by molar-refractivity contribution is -0.310. The average molecular weight is 553 g/mol. The Morgan fingerprint density at radius 2 is 1.13 bits per heavy atom. The molecule has 4 fully saturated rings. The summed E-state index contributed by atoms with van der Waals surface area (Å²) in [5, 5.41) is 11.2. The SMILES string of the molecule is CCON1C(C)(C)CC2(CNC(C)(CCC3(C)NC(=O)C4(CC(C)(C)N(OCC)C(C)(C)C4)O3)O2)CC1(C)C. The number of amides is 1. The molecule has 0 radical (unpaired) electrons. The molecule has 2 unspecified atom stereocenters. The van der Waals surface area contributed by atoms with E-state index in [9.17, 15) is 4.79 Å².